The molecule has 0 radical (unpaired) electrons. The highest BCUT2D eigenvalue weighted by atomic mass is 19.1. The number of ether oxygens (including phenoxy) is 1. The molecule has 0 aliphatic carbocycles. The molecule has 1 aromatic heterocycles. The molecule has 3 rings (SSSR count). The predicted molar refractivity (Wildman–Crippen MR) is 110 cm³/mol. The van der Waals surface area contributed by atoms with Crippen LogP contribution in [0.5, 0.6) is 5.75 Å². The summed E-state index contributed by atoms with van der Waals surface area (Å²) >= 11 is 0. The van der Waals surface area contributed by atoms with Gasteiger partial charge in [-0.15, -0.1) is 0 Å². The van der Waals surface area contributed by atoms with E-state index in [0.29, 0.717) is 11.3 Å². The Labute approximate surface area is 173 Å². The fourth-order valence-corrected chi connectivity index (χ4v) is 3.21. The molecule has 0 aliphatic heterocycles. The molecule has 30 heavy (non-hydrogen) atoms. The number of amides is 1. The van der Waals surface area contributed by atoms with Gasteiger partial charge >= 0.3 is 5.97 Å². The van der Waals surface area contributed by atoms with Crippen LogP contribution in [0.2, 0.25) is 0 Å². The van der Waals surface area contributed by atoms with Gasteiger partial charge in [-0.3, -0.25) is 9.59 Å². The number of carbonyl (C=O) groups excluding carboxylic acids is 1. The van der Waals surface area contributed by atoms with Gasteiger partial charge in [0.15, 0.2) is 0 Å². The van der Waals surface area contributed by atoms with Crippen molar-refractivity contribution in [1.29, 1.82) is 0 Å². The second-order valence-corrected chi connectivity index (χ2v) is 6.71. The highest BCUT2D eigenvalue weighted by Crippen LogP contribution is 2.30. The maximum atomic E-state index is 14.3. The molecule has 0 aliphatic rings. The van der Waals surface area contributed by atoms with E-state index in [-0.39, 0.29) is 23.4 Å². The van der Waals surface area contributed by atoms with Crippen LogP contribution in [0.4, 0.5) is 4.39 Å². The van der Waals surface area contributed by atoms with Gasteiger partial charge in [0.25, 0.3) is 5.91 Å². The van der Waals surface area contributed by atoms with Gasteiger partial charge in [-0.2, -0.15) is 0 Å². The average Bonchev–Trinajstić information content (AvgIpc) is 2.73. The molecule has 154 valence electrons. The molecule has 0 bridgehead atoms. The first-order valence-corrected chi connectivity index (χ1v) is 9.28. The minimum Gasteiger partial charge on any atom is -0.494 e. The van der Waals surface area contributed by atoms with Gasteiger partial charge in [0.2, 0.25) is 0 Å². The summed E-state index contributed by atoms with van der Waals surface area (Å²) in [5.41, 5.74) is 1.98. The molecule has 2 aromatic carbocycles. The van der Waals surface area contributed by atoms with Crippen LogP contribution in [0.3, 0.4) is 0 Å². The van der Waals surface area contributed by atoms with Crippen LogP contribution >= 0.6 is 0 Å². The first-order chi connectivity index (χ1) is 14.4. The van der Waals surface area contributed by atoms with E-state index in [1.165, 1.54) is 25.3 Å². The number of aryl methyl sites for hydroxylation is 1. The van der Waals surface area contributed by atoms with Crippen LogP contribution in [-0.4, -0.2) is 29.1 Å². The molecule has 1 atom stereocenters. The van der Waals surface area contributed by atoms with Crippen molar-refractivity contribution in [1.82, 2.24) is 10.3 Å². The highest BCUT2D eigenvalue weighted by molar-refractivity contribution is 5.93. The summed E-state index contributed by atoms with van der Waals surface area (Å²) in [6.07, 6.45) is -0.285. The second kappa shape index (κ2) is 9.17. The van der Waals surface area contributed by atoms with Crippen molar-refractivity contribution < 1.29 is 23.8 Å². The topological polar surface area (TPSA) is 88.5 Å². The summed E-state index contributed by atoms with van der Waals surface area (Å²) in [5, 5.41) is 12.0. The van der Waals surface area contributed by atoms with Crippen LogP contribution in [0.25, 0.3) is 11.3 Å². The second-order valence-electron chi connectivity index (χ2n) is 6.71. The van der Waals surface area contributed by atoms with Crippen molar-refractivity contribution in [2.75, 3.05) is 7.11 Å². The van der Waals surface area contributed by atoms with Crippen LogP contribution in [-0.2, 0) is 4.79 Å². The zero-order valence-corrected chi connectivity index (χ0v) is 16.6. The van der Waals surface area contributed by atoms with Crippen molar-refractivity contribution in [3.8, 4) is 17.0 Å². The molecule has 1 amide bonds. The Morgan fingerprint density at radius 1 is 1.10 bits per heavy atom. The Hall–Kier alpha value is -3.74. The lowest BCUT2D eigenvalue weighted by Crippen LogP contribution is -2.31. The number of carboxylic acids is 1. The van der Waals surface area contributed by atoms with E-state index in [1.807, 2.05) is 19.1 Å². The van der Waals surface area contributed by atoms with E-state index in [1.54, 1.807) is 30.3 Å². The number of benzene rings is 2. The van der Waals surface area contributed by atoms with Gasteiger partial charge in [0.05, 0.1) is 19.6 Å². The van der Waals surface area contributed by atoms with Crippen molar-refractivity contribution >= 4 is 11.9 Å². The molecule has 3 aromatic rings. The normalized spacial score (nSPS) is 11.6. The van der Waals surface area contributed by atoms with Gasteiger partial charge in [-0.25, -0.2) is 9.37 Å². The number of methoxy groups -OCH3 is 1. The Kier molecular flexibility index (Phi) is 6.41. The number of rotatable bonds is 7. The lowest BCUT2D eigenvalue weighted by molar-refractivity contribution is -0.137. The molecule has 6 nitrogen and oxygen atoms in total. The summed E-state index contributed by atoms with van der Waals surface area (Å²) in [5.74, 6) is -1.79. The minimum absolute atomic E-state index is 0.0260. The number of aromatic nitrogens is 1. The molecule has 0 fully saturated rings. The molecular formula is C23H21FN2O4. The third-order valence-corrected chi connectivity index (χ3v) is 4.69. The number of nitrogens with one attached hydrogen (secondary N) is 1. The Balaban J connectivity index is 1.96. The van der Waals surface area contributed by atoms with Crippen molar-refractivity contribution in [3.05, 3.63) is 83.3 Å². The van der Waals surface area contributed by atoms with Crippen molar-refractivity contribution in [2.45, 2.75) is 19.4 Å². The fraction of sp³-hybridized carbons (Fsp3) is 0.174. The molecule has 1 heterocycles. The van der Waals surface area contributed by atoms with E-state index < -0.39 is 23.7 Å². The largest absolute Gasteiger partial charge is 0.494 e. The monoisotopic (exact) mass is 408 g/mol. The maximum Gasteiger partial charge on any atom is 0.305 e. The molecule has 1 unspecified atom stereocenters. The lowest BCUT2D eigenvalue weighted by atomic mass is 9.98. The number of nitrogens with zero attached hydrogens (tertiary/aromatic N) is 1. The van der Waals surface area contributed by atoms with Crippen LogP contribution < -0.4 is 10.1 Å². The number of halogens is 1. The number of pyridine rings is 1. The van der Waals surface area contributed by atoms with Crippen molar-refractivity contribution in [3.63, 3.8) is 0 Å². The lowest BCUT2D eigenvalue weighted by Gasteiger charge is -2.19. The molecule has 0 saturated carbocycles. The number of carbonyl (C=O) groups is 2. The Morgan fingerprint density at radius 3 is 2.47 bits per heavy atom. The van der Waals surface area contributed by atoms with Gasteiger partial charge in [0, 0.05) is 5.56 Å². The first-order valence-electron chi connectivity index (χ1n) is 9.28. The van der Waals surface area contributed by atoms with Crippen LogP contribution in [0, 0.1) is 12.7 Å². The summed E-state index contributed by atoms with van der Waals surface area (Å²) < 4.78 is 19.6. The first kappa shape index (κ1) is 21.0. The van der Waals surface area contributed by atoms with E-state index in [9.17, 15) is 19.1 Å². The van der Waals surface area contributed by atoms with E-state index in [0.717, 1.165) is 5.56 Å². The third-order valence-electron chi connectivity index (χ3n) is 4.69. The summed E-state index contributed by atoms with van der Waals surface area (Å²) in [4.78, 5) is 28.5. The zero-order chi connectivity index (χ0) is 21.7. The standard InChI is InChI=1S/C23H21FN2O4/c1-14-7-3-4-8-15(14)19(13-21(27)28)26-23(29)18-11-12-20(30-2)22(25-18)16-9-5-6-10-17(16)24/h3-12,19H,13H2,1-2H3,(H,26,29)(H,27,28). The smallest absolute Gasteiger partial charge is 0.305 e. The highest BCUT2D eigenvalue weighted by Gasteiger charge is 2.22. The number of aliphatic carboxylic acids is 1. The summed E-state index contributed by atoms with van der Waals surface area (Å²) in [6, 6.07) is 15.5. The van der Waals surface area contributed by atoms with Gasteiger partial charge in [0.1, 0.15) is 23.0 Å². The summed E-state index contributed by atoms with van der Waals surface area (Å²) in [7, 11) is 1.43. The molecule has 2 N–H and O–H groups in total. The quantitative estimate of drug-likeness (QED) is 0.613. The number of carboxylic acid groups (broad SMARTS) is 1. The van der Waals surface area contributed by atoms with E-state index in [2.05, 4.69) is 10.3 Å². The average molecular weight is 408 g/mol. The van der Waals surface area contributed by atoms with Crippen molar-refractivity contribution in [2.24, 2.45) is 0 Å². The SMILES string of the molecule is COc1ccc(C(=O)NC(CC(=O)O)c2ccccc2C)nc1-c1ccccc1F. The van der Waals surface area contributed by atoms with E-state index in [4.69, 9.17) is 4.74 Å². The van der Waals surface area contributed by atoms with Gasteiger partial charge in [-0.1, -0.05) is 36.4 Å². The summed E-state index contributed by atoms with van der Waals surface area (Å²) in [6.45, 7) is 1.85. The molecular weight excluding hydrogens is 387 g/mol. The van der Waals surface area contributed by atoms with Gasteiger partial charge in [-0.05, 0) is 42.3 Å². The molecule has 7 heteroatoms. The number of hydrogen-bond acceptors (Lipinski definition) is 4. The zero-order valence-electron chi connectivity index (χ0n) is 16.6. The van der Waals surface area contributed by atoms with Crippen LogP contribution in [0.1, 0.15) is 34.1 Å². The van der Waals surface area contributed by atoms with E-state index >= 15 is 0 Å². The van der Waals surface area contributed by atoms with Gasteiger partial charge < -0.3 is 15.2 Å². The molecule has 0 saturated heterocycles. The Bertz CT molecular complexity index is 1080. The predicted octanol–water partition coefficient (Wildman–Crippen LogP) is 4.15. The molecule has 0 spiro atoms. The fourth-order valence-electron chi connectivity index (χ4n) is 3.21. The number of hydrogen-bond donors (Lipinski definition) is 2. The minimum atomic E-state index is -1.04. The van der Waals surface area contributed by atoms with Crippen LogP contribution in [0.15, 0.2) is 60.7 Å². The Morgan fingerprint density at radius 2 is 1.80 bits per heavy atom. The maximum absolute atomic E-state index is 14.3. The third kappa shape index (κ3) is 4.63.